The van der Waals surface area contributed by atoms with Gasteiger partial charge < -0.3 is 19.7 Å². The van der Waals surface area contributed by atoms with Crippen molar-refractivity contribution >= 4 is 17.6 Å². The summed E-state index contributed by atoms with van der Waals surface area (Å²) >= 11 is 6.57. The van der Waals surface area contributed by atoms with Gasteiger partial charge in [-0.05, 0) is 63.4 Å². The summed E-state index contributed by atoms with van der Waals surface area (Å²) in [6, 6.07) is 9.79. The molecule has 168 valence electrons. The average Bonchev–Trinajstić information content (AvgIpc) is 3.14. The van der Waals surface area contributed by atoms with Crippen LogP contribution < -0.4 is 9.47 Å². The van der Waals surface area contributed by atoms with Gasteiger partial charge in [-0.3, -0.25) is 9.69 Å². The first-order valence-corrected chi connectivity index (χ1v) is 10.8. The number of carboxylic acids is 1. The van der Waals surface area contributed by atoms with Crippen LogP contribution in [-0.2, 0) is 17.8 Å². The molecular weight excluding hydrogens is 418 g/mol. The van der Waals surface area contributed by atoms with Crippen molar-refractivity contribution in [1.29, 1.82) is 0 Å². The molecule has 0 bridgehead atoms. The number of benzene rings is 2. The molecule has 6 nitrogen and oxygen atoms in total. The maximum Gasteiger partial charge on any atom is 0.326 e. The Morgan fingerprint density at radius 3 is 2.71 bits per heavy atom. The van der Waals surface area contributed by atoms with Gasteiger partial charge in [-0.25, -0.2) is 0 Å². The van der Waals surface area contributed by atoms with Crippen LogP contribution in [0.2, 0.25) is 5.02 Å². The molecule has 0 unspecified atom stereocenters. The van der Waals surface area contributed by atoms with Crippen molar-refractivity contribution in [2.45, 2.75) is 51.8 Å². The molecule has 1 aliphatic carbocycles. The fraction of sp³-hybridized carbons (Fsp3) is 0.458. The van der Waals surface area contributed by atoms with Crippen molar-refractivity contribution in [1.82, 2.24) is 4.90 Å². The summed E-state index contributed by atoms with van der Waals surface area (Å²) in [5.41, 5.74) is 3.11. The highest BCUT2D eigenvalue weighted by Gasteiger charge is 2.37. The summed E-state index contributed by atoms with van der Waals surface area (Å²) in [6.07, 6.45) is 1.79. The molecule has 0 saturated carbocycles. The number of likely N-dealkylation sites (N-methyl/N-ethyl adjacent to an activating group) is 1. The summed E-state index contributed by atoms with van der Waals surface area (Å²) in [6.45, 7) is 5.65. The number of rotatable bonds is 9. The van der Waals surface area contributed by atoms with E-state index in [1.807, 2.05) is 13.0 Å². The van der Waals surface area contributed by atoms with Crippen molar-refractivity contribution in [3.8, 4) is 11.5 Å². The summed E-state index contributed by atoms with van der Waals surface area (Å²) in [7, 11) is 1.65. The second-order valence-electron chi connectivity index (χ2n) is 8.20. The molecule has 7 heteroatoms. The van der Waals surface area contributed by atoms with E-state index in [-0.39, 0.29) is 12.6 Å². The number of aryl methyl sites for hydroxylation is 1. The smallest absolute Gasteiger partial charge is 0.326 e. The summed E-state index contributed by atoms with van der Waals surface area (Å²) < 4.78 is 12.1. The van der Waals surface area contributed by atoms with E-state index in [1.54, 1.807) is 24.1 Å². The van der Waals surface area contributed by atoms with Crippen LogP contribution in [0.25, 0.3) is 0 Å². The van der Waals surface area contributed by atoms with Crippen molar-refractivity contribution in [3.63, 3.8) is 0 Å². The number of ether oxygens (including phenoxy) is 2. The van der Waals surface area contributed by atoms with Gasteiger partial charge in [0.25, 0.3) is 0 Å². The number of aliphatic carboxylic acids is 1. The minimum atomic E-state index is -1.42. The number of aliphatic hydroxyl groups is 1. The highest BCUT2D eigenvalue weighted by atomic mass is 35.5. The van der Waals surface area contributed by atoms with Gasteiger partial charge in [-0.2, -0.15) is 0 Å². The zero-order chi connectivity index (χ0) is 22.8. The molecule has 2 N–H and O–H groups in total. The lowest BCUT2D eigenvalue weighted by Crippen LogP contribution is -2.52. The topological polar surface area (TPSA) is 79.2 Å². The fourth-order valence-corrected chi connectivity index (χ4v) is 4.17. The van der Waals surface area contributed by atoms with Gasteiger partial charge in [0.15, 0.2) is 0 Å². The molecule has 31 heavy (non-hydrogen) atoms. The third-order valence-electron chi connectivity index (χ3n) is 6.15. The third kappa shape index (κ3) is 4.66. The first-order chi connectivity index (χ1) is 14.7. The van der Waals surface area contributed by atoms with Crippen LogP contribution in [-0.4, -0.2) is 46.9 Å². The van der Waals surface area contributed by atoms with Crippen LogP contribution in [0.5, 0.6) is 11.5 Å². The van der Waals surface area contributed by atoms with Crippen molar-refractivity contribution in [2.24, 2.45) is 0 Å². The van der Waals surface area contributed by atoms with Crippen LogP contribution in [0.4, 0.5) is 0 Å². The highest BCUT2D eigenvalue weighted by molar-refractivity contribution is 6.32. The predicted octanol–water partition coefficient (Wildman–Crippen LogP) is 4.38. The van der Waals surface area contributed by atoms with E-state index >= 15 is 0 Å². The number of halogens is 1. The van der Waals surface area contributed by atoms with Crippen LogP contribution in [0.15, 0.2) is 30.3 Å². The predicted molar refractivity (Wildman–Crippen MR) is 120 cm³/mol. The second kappa shape index (κ2) is 9.47. The molecule has 0 radical (unpaired) electrons. The Labute approximate surface area is 188 Å². The molecule has 2 atom stereocenters. The lowest BCUT2D eigenvalue weighted by molar-refractivity contribution is -0.152. The molecule has 0 aromatic heterocycles. The first-order valence-electron chi connectivity index (χ1n) is 10.5. The molecule has 1 aliphatic rings. The standard InChI is InChI=1S/C24H30ClNO5/c1-5-30-21-12-22(31-20-10-9-17-15(2)7-6-8-18(17)20)19(25)11-16(21)13-26(4)24(3,14-27)23(28)29/h6-8,11-12,20,27H,5,9-10,13-14H2,1-4H3,(H,28,29)/t20-,24-/m0/s1. The molecule has 2 aromatic carbocycles. The van der Waals surface area contributed by atoms with Gasteiger partial charge in [0.1, 0.15) is 23.1 Å². The first kappa shape index (κ1) is 23.4. The van der Waals surface area contributed by atoms with Gasteiger partial charge in [-0.1, -0.05) is 29.8 Å². The van der Waals surface area contributed by atoms with E-state index in [0.717, 1.165) is 18.4 Å². The number of carbonyl (C=O) groups is 1. The Hall–Kier alpha value is -2.28. The monoisotopic (exact) mass is 447 g/mol. The zero-order valence-electron chi connectivity index (χ0n) is 18.4. The minimum absolute atomic E-state index is 0.0694. The number of fused-ring (bicyclic) bond motifs is 1. The molecule has 2 aromatic rings. The van der Waals surface area contributed by atoms with E-state index in [1.165, 1.54) is 23.6 Å². The van der Waals surface area contributed by atoms with Crippen molar-refractivity contribution < 1.29 is 24.5 Å². The van der Waals surface area contributed by atoms with Crippen molar-refractivity contribution in [3.05, 3.63) is 57.6 Å². The second-order valence-corrected chi connectivity index (χ2v) is 8.61. The Bertz CT molecular complexity index is 963. The molecule has 0 aliphatic heterocycles. The Morgan fingerprint density at radius 1 is 1.32 bits per heavy atom. The Balaban J connectivity index is 1.88. The van der Waals surface area contributed by atoms with Crippen molar-refractivity contribution in [2.75, 3.05) is 20.3 Å². The molecule has 0 heterocycles. The molecule has 0 fully saturated rings. The number of nitrogens with zero attached hydrogens (tertiary/aromatic N) is 1. The maximum atomic E-state index is 11.7. The SMILES string of the molecule is CCOc1cc(O[C@H]2CCc3c(C)cccc32)c(Cl)cc1CN(C)[C@@](C)(CO)C(=O)O. The molecule has 0 spiro atoms. The Morgan fingerprint density at radius 2 is 2.06 bits per heavy atom. The van der Waals surface area contributed by atoms with Gasteiger partial charge in [0.2, 0.25) is 0 Å². The quantitative estimate of drug-likeness (QED) is 0.593. The molecular formula is C24H30ClNO5. The molecule has 0 saturated heterocycles. The van der Waals surface area contributed by atoms with Crippen LogP contribution in [0, 0.1) is 6.92 Å². The molecule has 0 amide bonds. The highest BCUT2D eigenvalue weighted by Crippen LogP contribution is 2.41. The van der Waals surface area contributed by atoms with E-state index in [9.17, 15) is 15.0 Å². The van der Waals surface area contributed by atoms with E-state index in [4.69, 9.17) is 21.1 Å². The van der Waals surface area contributed by atoms with Crippen LogP contribution in [0.1, 0.15) is 48.6 Å². The summed E-state index contributed by atoms with van der Waals surface area (Å²) in [4.78, 5) is 13.2. The Kier molecular flexibility index (Phi) is 7.14. The van der Waals surface area contributed by atoms with Crippen LogP contribution >= 0.6 is 11.6 Å². The van der Waals surface area contributed by atoms with Gasteiger partial charge >= 0.3 is 5.97 Å². The number of aliphatic hydroxyl groups excluding tert-OH is 1. The van der Waals surface area contributed by atoms with Crippen LogP contribution in [0.3, 0.4) is 0 Å². The minimum Gasteiger partial charge on any atom is -0.493 e. The maximum absolute atomic E-state index is 11.7. The number of carboxylic acid groups (broad SMARTS) is 1. The number of hydrogen-bond acceptors (Lipinski definition) is 5. The van der Waals surface area contributed by atoms with Gasteiger partial charge in [0.05, 0.1) is 18.2 Å². The van der Waals surface area contributed by atoms with Gasteiger partial charge in [0, 0.05) is 18.2 Å². The van der Waals surface area contributed by atoms with E-state index < -0.39 is 18.1 Å². The third-order valence-corrected chi connectivity index (χ3v) is 6.45. The zero-order valence-corrected chi connectivity index (χ0v) is 19.2. The largest absolute Gasteiger partial charge is 0.493 e. The lowest BCUT2D eigenvalue weighted by Gasteiger charge is -2.33. The number of hydrogen-bond donors (Lipinski definition) is 2. The van der Waals surface area contributed by atoms with Gasteiger partial charge in [-0.15, -0.1) is 0 Å². The summed E-state index contributed by atoms with van der Waals surface area (Å²) in [5.74, 6) is 0.0256. The van der Waals surface area contributed by atoms with E-state index in [0.29, 0.717) is 23.1 Å². The summed E-state index contributed by atoms with van der Waals surface area (Å²) in [5, 5.41) is 19.6. The molecule has 3 rings (SSSR count). The lowest BCUT2D eigenvalue weighted by atomic mass is 10.0. The fourth-order valence-electron chi connectivity index (χ4n) is 3.94. The average molecular weight is 448 g/mol. The normalized spacial score (nSPS) is 17.3. The van der Waals surface area contributed by atoms with E-state index in [2.05, 4.69) is 19.1 Å².